The first-order chi connectivity index (χ1) is 7.83. The molecule has 16 heavy (non-hydrogen) atoms. The van der Waals surface area contributed by atoms with Crippen LogP contribution in [0.25, 0.3) is 0 Å². The maximum atomic E-state index is 8.48. The van der Waals surface area contributed by atoms with Gasteiger partial charge in [0.25, 0.3) is 0 Å². The number of hydrogen-bond acceptors (Lipinski definition) is 5. The second-order valence-electron chi connectivity index (χ2n) is 3.70. The Morgan fingerprint density at radius 1 is 0.938 bits per heavy atom. The van der Waals surface area contributed by atoms with Gasteiger partial charge < -0.3 is 14.6 Å². The van der Waals surface area contributed by atoms with Gasteiger partial charge >= 0.3 is 0 Å². The molecular weight excluding hydrogens is 323 g/mol. The van der Waals surface area contributed by atoms with Gasteiger partial charge in [-0.2, -0.15) is 0 Å². The highest BCUT2D eigenvalue weighted by molar-refractivity contribution is 14.1. The van der Waals surface area contributed by atoms with Gasteiger partial charge in [0, 0.05) is 55.6 Å². The number of hydrogen-bond donors (Lipinski definition) is 1. The van der Waals surface area contributed by atoms with E-state index in [1.165, 1.54) is 0 Å². The fraction of sp³-hybridized carbons (Fsp3) is 1.00. The Kier molecular flexibility index (Phi) is 8.71. The molecule has 1 fully saturated rings. The van der Waals surface area contributed by atoms with E-state index in [-0.39, 0.29) is 6.61 Å². The van der Waals surface area contributed by atoms with Gasteiger partial charge in [0.15, 0.2) is 0 Å². The lowest BCUT2D eigenvalue weighted by molar-refractivity contribution is 0.0247. The maximum absolute atomic E-state index is 8.48. The van der Waals surface area contributed by atoms with E-state index < -0.39 is 0 Å². The van der Waals surface area contributed by atoms with Gasteiger partial charge in [0.05, 0.1) is 33.0 Å². The normalized spacial score (nSPS) is 19.1. The van der Waals surface area contributed by atoms with E-state index in [0.717, 1.165) is 39.3 Å². The molecule has 0 atom stereocenters. The van der Waals surface area contributed by atoms with E-state index in [9.17, 15) is 0 Å². The summed E-state index contributed by atoms with van der Waals surface area (Å²) >= 11 is 2.37. The second-order valence-corrected chi connectivity index (χ2v) is 5.06. The Balaban J connectivity index is 1.84. The summed E-state index contributed by atoms with van der Waals surface area (Å²) in [4.78, 5) is 2.42. The number of halogens is 1. The topological polar surface area (TPSA) is 45.2 Å². The molecule has 0 aliphatic carbocycles. The fourth-order valence-electron chi connectivity index (χ4n) is 1.53. The number of rotatable bonds is 8. The molecule has 1 rings (SSSR count). The summed E-state index contributed by atoms with van der Waals surface area (Å²) in [5.74, 6) is 0. The molecular formula is C10H21IN2O3. The molecule has 5 nitrogen and oxygen atoms in total. The number of ether oxygens (including phenoxy) is 2. The predicted molar refractivity (Wildman–Crippen MR) is 70.8 cm³/mol. The summed E-state index contributed by atoms with van der Waals surface area (Å²) in [6.07, 6.45) is 0. The van der Waals surface area contributed by atoms with Crippen molar-refractivity contribution in [3.63, 3.8) is 0 Å². The van der Waals surface area contributed by atoms with Crippen LogP contribution in [0.5, 0.6) is 0 Å². The standard InChI is InChI=1S/C10H21IN2O3/c11-13-3-1-12(2-4-13)5-7-15-9-10-16-8-6-14/h14H,1-10H2. The van der Waals surface area contributed by atoms with Crippen LogP contribution in [0.2, 0.25) is 0 Å². The van der Waals surface area contributed by atoms with Crippen molar-refractivity contribution in [2.24, 2.45) is 0 Å². The van der Waals surface area contributed by atoms with Crippen LogP contribution >= 0.6 is 22.9 Å². The van der Waals surface area contributed by atoms with Gasteiger partial charge in [-0.1, -0.05) is 0 Å². The maximum Gasteiger partial charge on any atom is 0.0701 e. The van der Waals surface area contributed by atoms with E-state index in [1.54, 1.807) is 0 Å². The van der Waals surface area contributed by atoms with E-state index in [2.05, 4.69) is 30.9 Å². The van der Waals surface area contributed by atoms with E-state index >= 15 is 0 Å². The smallest absolute Gasteiger partial charge is 0.0701 e. The second kappa shape index (κ2) is 9.55. The van der Waals surface area contributed by atoms with E-state index in [4.69, 9.17) is 14.6 Å². The van der Waals surface area contributed by atoms with Gasteiger partial charge in [-0.05, 0) is 0 Å². The van der Waals surface area contributed by atoms with Crippen molar-refractivity contribution < 1.29 is 14.6 Å². The van der Waals surface area contributed by atoms with E-state index in [0.29, 0.717) is 19.8 Å². The molecule has 6 heteroatoms. The molecule has 0 bridgehead atoms. The van der Waals surface area contributed by atoms with Crippen molar-refractivity contribution >= 4 is 22.9 Å². The zero-order valence-corrected chi connectivity index (χ0v) is 11.8. The molecule has 0 aromatic heterocycles. The Morgan fingerprint density at radius 2 is 1.56 bits per heavy atom. The summed E-state index contributed by atoms with van der Waals surface area (Å²) in [5, 5.41) is 8.48. The Labute approximate surface area is 111 Å². The van der Waals surface area contributed by atoms with Crippen molar-refractivity contribution in [2.45, 2.75) is 0 Å². The average molecular weight is 344 g/mol. The van der Waals surface area contributed by atoms with Crippen LogP contribution in [0.1, 0.15) is 0 Å². The highest BCUT2D eigenvalue weighted by Gasteiger charge is 2.13. The minimum Gasteiger partial charge on any atom is -0.394 e. The SMILES string of the molecule is OCCOCCOCCN1CCN(I)CC1. The van der Waals surface area contributed by atoms with Gasteiger partial charge in [-0.3, -0.25) is 4.90 Å². The molecule has 0 spiro atoms. The molecule has 0 saturated carbocycles. The lowest BCUT2D eigenvalue weighted by Gasteiger charge is -2.30. The van der Waals surface area contributed by atoms with Crippen LogP contribution in [0.3, 0.4) is 0 Å². The first-order valence-corrected chi connectivity index (χ1v) is 6.69. The quantitative estimate of drug-likeness (QED) is 0.381. The summed E-state index contributed by atoms with van der Waals surface area (Å²) in [7, 11) is 0. The van der Waals surface area contributed by atoms with Crippen LogP contribution in [0.15, 0.2) is 0 Å². The Bertz CT molecular complexity index is 166. The summed E-state index contributed by atoms with van der Waals surface area (Å²) < 4.78 is 12.9. The van der Waals surface area contributed by atoms with Crippen LogP contribution < -0.4 is 0 Å². The van der Waals surface area contributed by atoms with Crippen molar-refractivity contribution in [3.8, 4) is 0 Å². The zero-order chi connectivity index (χ0) is 11.6. The first-order valence-electron chi connectivity index (χ1n) is 5.72. The zero-order valence-electron chi connectivity index (χ0n) is 9.61. The highest BCUT2D eigenvalue weighted by Crippen LogP contribution is 2.05. The van der Waals surface area contributed by atoms with Gasteiger partial charge in [-0.15, -0.1) is 0 Å². The number of aliphatic hydroxyl groups excluding tert-OH is 1. The first kappa shape index (κ1) is 14.6. The summed E-state index contributed by atoms with van der Waals surface area (Å²) in [6, 6.07) is 0. The molecule has 1 aliphatic heterocycles. The van der Waals surface area contributed by atoms with Crippen molar-refractivity contribution in [3.05, 3.63) is 0 Å². The lowest BCUT2D eigenvalue weighted by atomic mass is 10.4. The summed E-state index contributed by atoms with van der Waals surface area (Å²) in [5.41, 5.74) is 0. The molecule has 1 heterocycles. The van der Waals surface area contributed by atoms with Crippen molar-refractivity contribution in [2.75, 3.05) is 65.8 Å². The van der Waals surface area contributed by atoms with Crippen LogP contribution in [0.4, 0.5) is 0 Å². The minimum absolute atomic E-state index is 0.0839. The molecule has 1 N–H and O–H groups in total. The number of nitrogens with zero attached hydrogens (tertiary/aromatic N) is 2. The third-order valence-corrected chi connectivity index (χ3v) is 3.44. The molecule has 0 amide bonds. The molecule has 1 saturated heterocycles. The van der Waals surface area contributed by atoms with Crippen LogP contribution in [0, 0.1) is 0 Å². The van der Waals surface area contributed by atoms with Gasteiger partial charge in [-0.25, -0.2) is 3.11 Å². The number of piperazine rings is 1. The third kappa shape index (κ3) is 6.97. The van der Waals surface area contributed by atoms with Gasteiger partial charge in [0.2, 0.25) is 0 Å². The third-order valence-electron chi connectivity index (χ3n) is 2.48. The van der Waals surface area contributed by atoms with Gasteiger partial charge in [0.1, 0.15) is 0 Å². The molecule has 0 aromatic rings. The van der Waals surface area contributed by atoms with Crippen LogP contribution in [-0.2, 0) is 9.47 Å². The summed E-state index contributed by atoms with van der Waals surface area (Å²) in [6.45, 7) is 7.99. The molecule has 0 radical (unpaired) electrons. The van der Waals surface area contributed by atoms with Crippen LogP contribution in [-0.4, -0.2) is 78.9 Å². The Hall–Kier alpha value is 0.530. The average Bonchev–Trinajstić information content (AvgIpc) is 2.30. The van der Waals surface area contributed by atoms with Crippen molar-refractivity contribution in [1.82, 2.24) is 8.01 Å². The molecule has 0 aromatic carbocycles. The number of aliphatic hydroxyl groups is 1. The molecule has 1 aliphatic rings. The minimum atomic E-state index is 0.0839. The predicted octanol–water partition coefficient (Wildman–Crippen LogP) is -0.0205. The molecule has 0 unspecified atom stereocenters. The van der Waals surface area contributed by atoms with Crippen molar-refractivity contribution in [1.29, 1.82) is 0 Å². The highest BCUT2D eigenvalue weighted by atomic mass is 127. The fourth-order valence-corrected chi connectivity index (χ4v) is 1.96. The lowest BCUT2D eigenvalue weighted by Crippen LogP contribution is -2.43. The Morgan fingerprint density at radius 3 is 2.19 bits per heavy atom. The molecule has 96 valence electrons. The van der Waals surface area contributed by atoms with E-state index in [1.807, 2.05) is 0 Å². The largest absolute Gasteiger partial charge is 0.394 e. The monoisotopic (exact) mass is 344 g/mol.